The van der Waals surface area contributed by atoms with Gasteiger partial charge >= 0.3 is 5.97 Å². The lowest BCUT2D eigenvalue weighted by molar-refractivity contribution is 0.0516. The lowest BCUT2D eigenvalue weighted by Gasteiger charge is -2.09. The highest BCUT2D eigenvalue weighted by atomic mass is 19.1. The molecule has 0 aliphatic heterocycles. The number of rotatable bonds is 4. The minimum absolute atomic E-state index is 0.138. The molecule has 0 aliphatic carbocycles. The Morgan fingerprint density at radius 3 is 2.67 bits per heavy atom. The van der Waals surface area contributed by atoms with Crippen molar-refractivity contribution in [3.05, 3.63) is 29.6 Å². The Morgan fingerprint density at radius 2 is 2.07 bits per heavy atom. The summed E-state index contributed by atoms with van der Waals surface area (Å²) in [6.07, 6.45) is 0. The third-order valence-corrected chi connectivity index (χ3v) is 1.75. The summed E-state index contributed by atoms with van der Waals surface area (Å²) in [6.45, 7) is 4.01. The minimum atomic E-state index is -0.695. The Bertz CT molecular complexity index is 350. The molecule has 0 amide bonds. The molecule has 0 aliphatic rings. The fraction of sp³-hybridized carbons (Fsp3) is 0.364. The summed E-state index contributed by atoms with van der Waals surface area (Å²) in [4.78, 5) is 11.4. The second kappa shape index (κ2) is 5.34. The Labute approximate surface area is 87.8 Å². The van der Waals surface area contributed by atoms with Crippen LogP contribution in [0.25, 0.3) is 0 Å². The van der Waals surface area contributed by atoms with Gasteiger partial charge in [-0.25, -0.2) is 9.18 Å². The van der Waals surface area contributed by atoms with Crippen molar-refractivity contribution < 1.29 is 18.7 Å². The van der Waals surface area contributed by atoms with Gasteiger partial charge in [0.1, 0.15) is 17.1 Å². The van der Waals surface area contributed by atoms with Crippen molar-refractivity contribution >= 4 is 5.97 Å². The van der Waals surface area contributed by atoms with Crippen molar-refractivity contribution in [3.63, 3.8) is 0 Å². The Hall–Kier alpha value is -1.58. The highest BCUT2D eigenvalue weighted by Crippen LogP contribution is 2.22. The van der Waals surface area contributed by atoms with E-state index in [9.17, 15) is 9.18 Å². The summed E-state index contributed by atoms with van der Waals surface area (Å²) in [5.41, 5.74) is -0.138. The first-order valence-electron chi connectivity index (χ1n) is 4.79. The molecule has 3 nitrogen and oxygen atoms in total. The molecule has 0 saturated carbocycles. The van der Waals surface area contributed by atoms with Crippen molar-refractivity contribution in [1.82, 2.24) is 0 Å². The highest BCUT2D eigenvalue weighted by Gasteiger charge is 2.18. The van der Waals surface area contributed by atoms with Crippen LogP contribution in [0.15, 0.2) is 18.2 Å². The van der Waals surface area contributed by atoms with Crippen LogP contribution in [0.1, 0.15) is 24.2 Å². The largest absolute Gasteiger partial charge is 0.493 e. The molecule has 0 radical (unpaired) electrons. The molecule has 15 heavy (non-hydrogen) atoms. The van der Waals surface area contributed by atoms with Crippen LogP contribution in [-0.2, 0) is 4.74 Å². The molecule has 1 aromatic rings. The van der Waals surface area contributed by atoms with Crippen LogP contribution in [-0.4, -0.2) is 19.2 Å². The van der Waals surface area contributed by atoms with E-state index in [4.69, 9.17) is 9.47 Å². The lowest BCUT2D eigenvalue weighted by Crippen LogP contribution is -2.10. The van der Waals surface area contributed by atoms with Gasteiger partial charge in [-0.15, -0.1) is 0 Å². The van der Waals surface area contributed by atoms with Gasteiger partial charge in [-0.3, -0.25) is 0 Å². The number of benzene rings is 1. The molecule has 0 atom stereocenters. The third kappa shape index (κ3) is 2.68. The average molecular weight is 212 g/mol. The summed E-state index contributed by atoms with van der Waals surface area (Å²) in [5.74, 6) is -1.10. The van der Waals surface area contributed by atoms with Gasteiger partial charge in [0.05, 0.1) is 13.2 Å². The summed E-state index contributed by atoms with van der Waals surface area (Å²) in [7, 11) is 0. The molecule has 1 rings (SSSR count). The molecule has 82 valence electrons. The van der Waals surface area contributed by atoms with Crippen LogP contribution < -0.4 is 4.74 Å². The summed E-state index contributed by atoms with van der Waals surface area (Å²) >= 11 is 0. The fourth-order valence-electron chi connectivity index (χ4n) is 1.18. The van der Waals surface area contributed by atoms with Gasteiger partial charge in [-0.2, -0.15) is 0 Å². The van der Waals surface area contributed by atoms with Gasteiger partial charge in [0.2, 0.25) is 0 Å². The normalized spacial score (nSPS) is 9.80. The molecule has 0 spiro atoms. The number of carbonyl (C=O) groups excluding carboxylic acids is 1. The Morgan fingerprint density at radius 1 is 1.33 bits per heavy atom. The van der Waals surface area contributed by atoms with Crippen LogP contribution in [0.5, 0.6) is 5.75 Å². The number of halogens is 1. The minimum Gasteiger partial charge on any atom is -0.493 e. The first-order chi connectivity index (χ1) is 7.20. The summed E-state index contributed by atoms with van der Waals surface area (Å²) in [6, 6.07) is 4.23. The van der Waals surface area contributed by atoms with Crippen molar-refractivity contribution in [2.24, 2.45) is 0 Å². The van der Waals surface area contributed by atoms with E-state index in [1.165, 1.54) is 12.1 Å². The Balaban J connectivity index is 3.06. The molecule has 1 aromatic carbocycles. The van der Waals surface area contributed by atoms with E-state index in [0.717, 1.165) is 0 Å². The van der Waals surface area contributed by atoms with E-state index in [1.807, 2.05) is 0 Å². The van der Waals surface area contributed by atoms with Crippen LogP contribution in [0, 0.1) is 5.82 Å². The first kappa shape index (κ1) is 11.5. The molecule has 0 N–H and O–H groups in total. The molecule has 4 heteroatoms. The van der Waals surface area contributed by atoms with Gasteiger partial charge in [-0.1, -0.05) is 6.07 Å². The van der Waals surface area contributed by atoms with E-state index in [2.05, 4.69) is 0 Å². The van der Waals surface area contributed by atoms with Gasteiger partial charge in [0.15, 0.2) is 0 Å². The van der Waals surface area contributed by atoms with Crippen molar-refractivity contribution in [2.45, 2.75) is 13.8 Å². The maximum Gasteiger partial charge on any atom is 0.344 e. The van der Waals surface area contributed by atoms with Crippen LogP contribution in [0.2, 0.25) is 0 Å². The molecular formula is C11H13FO3. The topological polar surface area (TPSA) is 35.5 Å². The highest BCUT2D eigenvalue weighted by molar-refractivity contribution is 5.92. The lowest BCUT2D eigenvalue weighted by atomic mass is 10.2. The predicted molar refractivity (Wildman–Crippen MR) is 53.5 cm³/mol. The van der Waals surface area contributed by atoms with E-state index in [0.29, 0.717) is 6.61 Å². The van der Waals surface area contributed by atoms with Crippen molar-refractivity contribution in [1.29, 1.82) is 0 Å². The SMILES string of the molecule is CCOC(=O)c1c(F)cccc1OCC. The number of hydrogen-bond donors (Lipinski definition) is 0. The Kier molecular flexibility index (Phi) is 4.09. The van der Waals surface area contributed by atoms with E-state index >= 15 is 0 Å². The second-order valence-corrected chi connectivity index (χ2v) is 2.77. The average Bonchev–Trinajstić information content (AvgIpc) is 2.18. The maximum absolute atomic E-state index is 13.4. The van der Waals surface area contributed by atoms with Crippen molar-refractivity contribution in [3.8, 4) is 5.75 Å². The van der Waals surface area contributed by atoms with E-state index in [1.54, 1.807) is 19.9 Å². The number of carbonyl (C=O) groups is 1. The van der Waals surface area contributed by atoms with Gasteiger partial charge in [0.25, 0.3) is 0 Å². The zero-order valence-electron chi connectivity index (χ0n) is 8.75. The third-order valence-electron chi connectivity index (χ3n) is 1.75. The zero-order valence-corrected chi connectivity index (χ0v) is 8.75. The molecule has 0 saturated heterocycles. The van der Waals surface area contributed by atoms with Crippen LogP contribution in [0.4, 0.5) is 4.39 Å². The van der Waals surface area contributed by atoms with Gasteiger partial charge in [0, 0.05) is 0 Å². The second-order valence-electron chi connectivity index (χ2n) is 2.77. The summed E-state index contributed by atoms with van der Waals surface area (Å²) < 4.78 is 23.2. The van der Waals surface area contributed by atoms with Gasteiger partial charge < -0.3 is 9.47 Å². The van der Waals surface area contributed by atoms with E-state index < -0.39 is 11.8 Å². The first-order valence-corrected chi connectivity index (χ1v) is 4.79. The monoisotopic (exact) mass is 212 g/mol. The number of hydrogen-bond acceptors (Lipinski definition) is 3. The maximum atomic E-state index is 13.4. The predicted octanol–water partition coefficient (Wildman–Crippen LogP) is 2.40. The van der Waals surface area contributed by atoms with Crippen molar-refractivity contribution in [2.75, 3.05) is 13.2 Å². The molecule has 0 heterocycles. The standard InChI is InChI=1S/C11H13FO3/c1-3-14-9-7-5-6-8(12)10(9)11(13)15-4-2/h5-7H,3-4H2,1-2H3. The number of esters is 1. The van der Waals surface area contributed by atoms with Crippen LogP contribution >= 0.6 is 0 Å². The molecule has 0 fully saturated rings. The zero-order chi connectivity index (χ0) is 11.3. The molecule has 0 unspecified atom stereocenters. The van der Waals surface area contributed by atoms with Crippen LogP contribution in [0.3, 0.4) is 0 Å². The molecule has 0 aromatic heterocycles. The molecule has 0 bridgehead atoms. The molecular weight excluding hydrogens is 199 g/mol. The van der Waals surface area contributed by atoms with E-state index in [-0.39, 0.29) is 17.9 Å². The fourth-order valence-corrected chi connectivity index (χ4v) is 1.18. The van der Waals surface area contributed by atoms with Gasteiger partial charge in [-0.05, 0) is 26.0 Å². The number of ether oxygens (including phenoxy) is 2. The summed E-state index contributed by atoms with van der Waals surface area (Å²) in [5, 5.41) is 0. The quantitative estimate of drug-likeness (QED) is 0.719. The smallest absolute Gasteiger partial charge is 0.344 e.